The van der Waals surface area contributed by atoms with Crippen molar-refractivity contribution in [1.82, 2.24) is 15.0 Å². The topological polar surface area (TPSA) is 59.9 Å². The van der Waals surface area contributed by atoms with Crippen LogP contribution in [0, 0.1) is 0 Å². The number of halogens is 2. The molecule has 5 nitrogen and oxygen atoms in total. The number of allylic oxidation sites excluding steroid dienone is 3. The van der Waals surface area contributed by atoms with Crippen LogP contribution in [-0.2, 0) is 0 Å². The van der Waals surface area contributed by atoms with E-state index in [1.54, 1.807) is 19.2 Å². The number of anilines is 1. The normalized spacial score (nSPS) is 11.5. The fourth-order valence-electron chi connectivity index (χ4n) is 3.18. The Morgan fingerprint density at radius 3 is 2.53 bits per heavy atom. The van der Waals surface area contributed by atoms with Gasteiger partial charge in [0.15, 0.2) is 0 Å². The van der Waals surface area contributed by atoms with Crippen LogP contribution in [-0.4, -0.2) is 28.6 Å². The monoisotopic (exact) mass is 466 g/mol. The quantitative estimate of drug-likeness (QED) is 0.330. The molecule has 3 aromatic rings. The van der Waals surface area contributed by atoms with Crippen molar-refractivity contribution in [3.05, 3.63) is 78.3 Å². The van der Waals surface area contributed by atoms with Crippen molar-refractivity contribution in [2.75, 3.05) is 19.0 Å². The zero-order valence-corrected chi connectivity index (χ0v) is 20.4. The summed E-state index contributed by atoms with van der Waals surface area (Å²) in [6.07, 6.45) is 7.22. The standard InChI is InChI=1S/C25H26F2N4O.C2H6/c1-5-6-16(2)7-8-17(3)13-29-25-20-11-19(12-22(32-4)23(20)30-15-31-25)21-10-9-18(14-28-21)24(26)27;1-2/h6-12,14-15,24H,3,5,13H2,1-2,4H3,(H,29,30,31);1-2H3/b8-7-,16-6+;. The van der Waals surface area contributed by atoms with Gasteiger partial charge >= 0.3 is 0 Å². The van der Waals surface area contributed by atoms with Crippen LogP contribution >= 0.6 is 0 Å². The summed E-state index contributed by atoms with van der Waals surface area (Å²) in [5.74, 6) is 1.16. The summed E-state index contributed by atoms with van der Waals surface area (Å²) in [6, 6.07) is 6.60. The lowest BCUT2D eigenvalue weighted by Crippen LogP contribution is -2.06. The van der Waals surface area contributed by atoms with Gasteiger partial charge in [0.05, 0.1) is 12.8 Å². The van der Waals surface area contributed by atoms with Gasteiger partial charge in [-0.25, -0.2) is 18.7 Å². The molecule has 0 amide bonds. The van der Waals surface area contributed by atoms with Crippen LogP contribution in [0.4, 0.5) is 14.6 Å². The van der Waals surface area contributed by atoms with Crippen LogP contribution in [0.3, 0.4) is 0 Å². The number of nitrogens with zero attached hydrogens (tertiary/aromatic N) is 3. The molecule has 180 valence electrons. The maximum Gasteiger partial charge on any atom is 0.265 e. The summed E-state index contributed by atoms with van der Waals surface area (Å²) in [5.41, 5.74) is 3.86. The zero-order valence-electron chi connectivity index (χ0n) is 20.4. The third-order valence-electron chi connectivity index (χ3n) is 4.85. The van der Waals surface area contributed by atoms with E-state index >= 15 is 0 Å². The predicted octanol–water partition coefficient (Wildman–Crippen LogP) is 7.54. The number of hydrogen-bond acceptors (Lipinski definition) is 5. The lowest BCUT2D eigenvalue weighted by atomic mass is 10.1. The number of aromatic nitrogens is 3. The van der Waals surface area contributed by atoms with E-state index in [-0.39, 0.29) is 5.56 Å². The summed E-state index contributed by atoms with van der Waals surface area (Å²) >= 11 is 0. The predicted molar refractivity (Wildman–Crippen MR) is 136 cm³/mol. The first-order valence-corrected chi connectivity index (χ1v) is 11.3. The molecule has 0 unspecified atom stereocenters. The minimum Gasteiger partial charge on any atom is -0.494 e. The first-order valence-electron chi connectivity index (χ1n) is 11.3. The smallest absolute Gasteiger partial charge is 0.265 e. The highest BCUT2D eigenvalue weighted by Crippen LogP contribution is 2.33. The third-order valence-corrected chi connectivity index (χ3v) is 4.85. The summed E-state index contributed by atoms with van der Waals surface area (Å²) in [4.78, 5) is 12.9. The number of benzene rings is 1. The Morgan fingerprint density at radius 2 is 1.91 bits per heavy atom. The van der Waals surface area contributed by atoms with Gasteiger partial charge in [-0.15, -0.1) is 0 Å². The maximum absolute atomic E-state index is 12.9. The molecule has 0 saturated carbocycles. The van der Waals surface area contributed by atoms with Crippen LogP contribution in [0.2, 0.25) is 0 Å². The number of nitrogens with one attached hydrogen (secondary N) is 1. The number of alkyl halides is 2. The van der Waals surface area contributed by atoms with Gasteiger partial charge in [0.25, 0.3) is 6.43 Å². The zero-order chi connectivity index (χ0) is 25.1. The van der Waals surface area contributed by atoms with Gasteiger partial charge in [-0.1, -0.05) is 51.2 Å². The Bertz CT molecular complexity index is 1160. The Kier molecular flexibility index (Phi) is 10.3. The molecule has 2 heterocycles. The molecular formula is C27H32F2N4O. The molecule has 0 spiro atoms. The first kappa shape index (κ1) is 26.6. The second kappa shape index (κ2) is 13.2. The molecule has 0 radical (unpaired) electrons. The van der Waals surface area contributed by atoms with Gasteiger partial charge in [-0.05, 0) is 43.2 Å². The summed E-state index contributed by atoms with van der Waals surface area (Å²) in [7, 11) is 1.56. The van der Waals surface area contributed by atoms with Gasteiger partial charge in [-0.3, -0.25) is 4.98 Å². The molecule has 3 rings (SSSR count). The first-order chi connectivity index (χ1) is 16.4. The molecule has 2 aromatic heterocycles. The van der Waals surface area contributed by atoms with Crippen LogP contribution < -0.4 is 10.1 Å². The number of pyridine rings is 1. The Labute approximate surface area is 200 Å². The number of hydrogen-bond donors (Lipinski definition) is 1. The summed E-state index contributed by atoms with van der Waals surface area (Å²) < 4.78 is 31.3. The minimum atomic E-state index is -2.56. The van der Waals surface area contributed by atoms with Crippen molar-refractivity contribution in [3.8, 4) is 17.0 Å². The van der Waals surface area contributed by atoms with Crippen molar-refractivity contribution in [2.24, 2.45) is 0 Å². The second-order valence-electron chi connectivity index (χ2n) is 7.28. The Hall–Kier alpha value is -3.61. The Balaban J connectivity index is 0.00000199. The van der Waals surface area contributed by atoms with Crippen LogP contribution in [0.1, 0.15) is 46.1 Å². The van der Waals surface area contributed by atoms with E-state index in [1.165, 1.54) is 24.2 Å². The lowest BCUT2D eigenvalue weighted by molar-refractivity contribution is 0.151. The molecule has 34 heavy (non-hydrogen) atoms. The molecule has 0 aliphatic rings. The number of ether oxygens (including phenoxy) is 1. The van der Waals surface area contributed by atoms with E-state index in [1.807, 2.05) is 39.0 Å². The van der Waals surface area contributed by atoms with E-state index in [0.29, 0.717) is 34.9 Å². The molecule has 1 N–H and O–H groups in total. The van der Waals surface area contributed by atoms with Crippen LogP contribution in [0.5, 0.6) is 5.75 Å². The average Bonchev–Trinajstić information content (AvgIpc) is 2.86. The van der Waals surface area contributed by atoms with Gasteiger partial charge in [0.1, 0.15) is 23.4 Å². The van der Waals surface area contributed by atoms with Gasteiger partial charge < -0.3 is 10.1 Å². The fourth-order valence-corrected chi connectivity index (χ4v) is 3.18. The number of rotatable bonds is 9. The highest BCUT2D eigenvalue weighted by molar-refractivity contribution is 5.96. The van der Waals surface area contributed by atoms with E-state index in [2.05, 4.69) is 39.8 Å². The summed E-state index contributed by atoms with van der Waals surface area (Å²) in [5, 5.41) is 4.04. The molecule has 0 fully saturated rings. The minimum absolute atomic E-state index is 0.122. The average molecular weight is 467 g/mol. The van der Waals surface area contributed by atoms with E-state index in [9.17, 15) is 8.78 Å². The summed E-state index contributed by atoms with van der Waals surface area (Å²) in [6.45, 7) is 12.7. The molecule has 0 aliphatic heterocycles. The molecule has 0 saturated heterocycles. The molecule has 0 bridgehead atoms. The maximum atomic E-state index is 12.9. The highest BCUT2D eigenvalue weighted by atomic mass is 19.3. The van der Waals surface area contributed by atoms with Gasteiger partial charge in [0.2, 0.25) is 0 Å². The van der Waals surface area contributed by atoms with E-state index in [4.69, 9.17) is 4.74 Å². The molecule has 0 aliphatic carbocycles. The molecule has 0 atom stereocenters. The largest absolute Gasteiger partial charge is 0.494 e. The van der Waals surface area contributed by atoms with E-state index < -0.39 is 6.43 Å². The van der Waals surface area contributed by atoms with Gasteiger partial charge in [-0.2, -0.15) is 0 Å². The van der Waals surface area contributed by atoms with Crippen LogP contribution in [0.25, 0.3) is 22.2 Å². The fraction of sp³-hybridized carbons (Fsp3) is 0.296. The highest BCUT2D eigenvalue weighted by Gasteiger charge is 2.14. The lowest BCUT2D eigenvalue weighted by Gasteiger charge is -2.13. The van der Waals surface area contributed by atoms with Crippen molar-refractivity contribution >= 4 is 16.7 Å². The van der Waals surface area contributed by atoms with Gasteiger partial charge in [0, 0.05) is 29.3 Å². The Morgan fingerprint density at radius 1 is 1.15 bits per heavy atom. The van der Waals surface area contributed by atoms with Crippen LogP contribution in [0.15, 0.2) is 72.7 Å². The SMILES string of the molecule is C=C(/C=C\C(C)=C\CC)CNc1ncnc2c(OC)cc(-c3ccc(C(F)F)cn3)cc12.CC. The van der Waals surface area contributed by atoms with E-state index in [0.717, 1.165) is 17.4 Å². The van der Waals surface area contributed by atoms with Crippen molar-refractivity contribution in [1.29, 1.82) is 0 Å². The van der Waals surface area contributed by atoms with Crippen molar-refractivity contribution in [2.45, 2.75) is 40.5 Å². The molecular weight excluding hydrogens is 434 g/mol. The number of fused-ring (bicyclic) bond motifs is 1. The molecule has 7 heteroatoms. The van der Waals surface area contributed by atoms with Crippen molar-refractivity contribution < 1.29 is 13.5 Å². The second-order valence-corrected chi connectivity index (χ2v) is 7.28. The van der Waals surface area contributed by atoms with Crippen molar-refractivity contribution in [3.63, 3.8) is 0 Å². The number of methoxy groups -OCH3 is 1. The molecule has 1 aromatic carbocycles. The third kappa shape index (κ3) is 6.94.